The third-order valence-corrected chi connectivity index (χ3v) is 6.01. The summed E-state index contributed by atoms with van der Waals surface area (Å²) in [6, 6.07) is 5.93. The van der Waals surface area contributed by atoms with Crippen LogP contribution in [0.1, 0.15) is 48.0 Å². The predicted octanol–water partition coefficient (Wildman–Crippen LogP) is 3.95. The number of hydrogen-bond acceptors (Lipinski definition) is 5. The van der Waals surface area contributed by atoms with Gasteiger partial charge in [0.25, 0.3) is 5.91 Å². The van der Waals surface area contributed by atoms with E-state index in [9.17, 15) is 9.59 Å². The lowest BCUT2D eigenvalue weighted by Crippen LogP contribution is -2.40. The van der Waals surface area contributed by atoms with Crippen LogP contribution in [0.3, 0.4) is 0 Å². The number of nitrogens with one attached hydrogen (secondary N) is 2. The Hall–Kier alpha value is -2.87. The lowest BCUT2D eigenvalue weighted by molar-refractivity contribution is 0.0290. The smallest absolute Gasteiger partial charge is 0.410 e. The summed E-state index contributed by atoms with van der Waals surface area (Å²) in [5.41, 5.74) is 2.45. The Balaban J connectivity index is 1.40. The van der Waals surface area contributed by atoms with Crippen molar-refractivity contribution in [1.29, 1.82) is 0 Å². The largest absolute Gasteiger partial charge is 0.444 e. The number of carbonyl (C=O) groups is 2. The molecule has 3 aromatic rings. The van der Waals surface area contributed by atoms with E-state index in [1.54, 1.807) is 11.1 Å². The number of H-pyrrole nitrogens is 1. The number of aromatic nitrogens is 2. The van der Waals surface area contributed by atoms with Gasteiger partial charge in [0.15, 0.2) is 0 Å². The first kappa shape index (κ1) is 20.4. The first-order valence-electron chi connectivity index (χ1n) is 10.1. The quantitative estimate of drug-likeness (QED) is 0.661. The number of thiophene rings is 1. The standard InChI is InChI=1S/C22H26N4O3S/c1-22(2,3)29-21(28)26-10-6-16(13-26)25-20(27)18-15(7-11-30-18)12-14-4-8-23-19-17(14)5-9-24-19/h4-5,7-9,11,16H,6,10,12-13H2,1-3H3,(H,23,24)(H,25,27). The Morgan fingerprint density at radius 1 is 1.30 bits per heavy atom. The number of aromatic amines is 1. The summed E-state index contributed by atoms with van der Waals surface area (Å²) in [4.78, 5) is 35.0. The Bertz CT molecular complexity index is 1070. The van der Waals surface area contributed by atoms with Crippen molar-refractivity contribution in [2.75, 3.05) is 13.1 Å². The molecular weight excluding hydrogens is 400 g/mol. The zero-order valence-electron chi connectivity index (χ0n) is 17.4. The Morgan fingerprint density at radius 2 is 2.13 bits per heavy atom. The molecule has 3 aromatic heterocycles. The van der Waals surface area contributed by atoms with Gasteiger partial charge in [0.1, 0.15) is 11.2 Å². The van der Waals surface area contributed by atoms with Crippen molar-refractivity contribution in [3.05, 3.63) is 52.0 Å². The van der Waals surface area contributed by atoms with Crippen molar-refractivity contribution in [1.82, 2.24) is 20.2 Å². The molecule has 4 rings (SSSR count). The molecule has 1 aliphatic rings. The SMILES string of the molecule is CC(C)(C)OC(=O)N1CCC(NC(=O)c2sccc2Cc2ccnc3[nH]ccc23)C1. The molecule has 1 aliphatic heterocycles. The van der Waals surface area contributed by atoms with E-state index in [0.717, 1.165) is 28.6 Å². The molecule has 158 valence electrons. The molecule has 1 saturated heterocycles. The molecule has 2 amide bonds. The van der Waals surface area contributed by atoms with Crippen molar-refractivity contribution < 1.29 is 14.3 Å². The van der Waals surface area contributed by atoms with Crippen molar-refractivity contribution in [2.45, 2.75) is 45.3 Å². The van der Waals surface area contributed by atoms with E-state index in [1.807, 2.05) is 50.5 Å². The molecule has 0 saturated carbocycles. The Morgan fingerprint density at radius 3 is 2.93 bits per heavy atom. The van der Waals surface area contributed by atoms with Gasteiger partial charge in [0, 0.05) is 36.9 Å². The highest BCUT2D eigenvalue weighted by molar-refractivity contribution is 7.12. The number of ether oxygens (including phenoxy) is 1. The van der Waals surface area contributed by atoms with Gasteiger partial charge in [0.2, 0.25) is 0 Å². The van der Waals surface area contributed by atoms with Crippen molar-refractivity contribution in [3.63, 3.8) is 0 Å². The minimum Gasteiger partial charge on any atom is -0.444 e. The second-order valence-corrected chi connectivity index (χ2v) is 9.46. The summed E-state index contributed by atoms with van der Waals surface area (Å²) in [5.74, 6) is -0.0876. The lowest BCUT2D eigenvalue weighted by Gasteiger charge is -2.24. The average molecular weight is 427 g/mol. The molecule has 1 unspecified atom stereocenters. The van der Waals surface area contributed by atoms with Crippen LogP contribution in [0, 0.1) is 0 Å². The van der Waals surface area contributed by atoms with Crippen LogP contribution in [0.4, 0.5) is 4.79 Å². The first-order valence-corrected chi connectivity index (χ1v) is 10.9. The molecule has 30 heavy (non-hydrogen) atoms. The summed E-state index contributed by atoms with van der Waals surface area (Å²) in [6.07, 6.45) is 4.71. The van der Waals surface area contributed by atoms with E-state index in [1.165, 1.54) is 11.3 Å². The summed E-state index contributed by atoms with van der Waals surface area (Å²) in [6.45, 7) is 6.60. The number of fused-ring (bicyclic) bond motifs is 1. The van der Waals surface area contributed by atoms with Crippen LogP contribution in [0.15, 0.2) is 36.0 Å². The van der Waals surface area contributed by atoms with E-state index in [-0.39, 0.29) is 18.0 Å². The molecule has 8 heteroatoms. The molecule has 0 aromatic carbocycles. The zero-order chi connectivity index (χ0) is 21.3. The molecule has 4 heterocycles. The highest BCUT2D eigenvalue weighted by Gasteiger charge is 2.31. The number of amides is 2. The van der Waals surface area contributed by atoms with Crippen LogP contribution in [0.2, 0.25) is 0 Å². The Kier molecular flexibility index (Phi) is 5.51. The summed E-state index contributed by atoms with van der Waals surface area (Å²) in [5, 5.41) is 6.11. The molecule has 2 N–H and O–H groups in total. The van der Waals surface area contributed by atoms with E-state index >= 15 is 0 Å². The van der Waals surface area contributed by atoms with Crippen LogP contribution < -0.4 is 5.32 Å². The fraction of sp³-hybridized carbons (Fsp3) is 0.409. The summed E-state index contributed by atoms with van der Waals surface area (Å²) in [7, 11) is 0. The van der Waals surface area contributed by atoms with E-state index in [0.29, 0.717) is 24.4 Å². The minimum absolute atomic E-state index is 0.0720. The molecule has 0 radical (unpaired) electrons. The number of nitrogens with zero attached hydrogens (tertiary/aromatic N) is 2. The van der Waals surface area contributed by atoms with Crippen LogP contribution in [0.25, 0.3) is 11.0 Å². The number of rotatable bonds is 4. The van der Waals surface area contributed by atoms with Gasteiger partial charge in [-0.2, -0.15) is 0 Å². The van der Waals surface area contributed by atoms with Crippen molar-refractivity contribution in [2.24, 2.45) is 0 Å². The highest BCUT2D eigenvalue weighted by Crippen LogP contribution is 2.24. The summed E-state index contributed by atoms with van der Waals surface area (Å²) >= 11 is 1.44. The topological polar surface area (TPSA) is 87.3 Å². The monoisotopic (exact) mass is 426 g/mol. The van der Waals surface area contributed by atoms with Gasteiger partial charge in [0.05, 0.1) is 4.88 Å². The first-order chi connectivity index (χ1) is 14.3. The molecular formula is C22H26N4O3S. The molecule has 0 spiro atoms. The van der Waals surface area contributed by atoms with E-state index in [4.69, 9.17) is 4.74 Å². The molecule has 0 aliphatic carbocycles. The lowest BCUT2D eigenvalue weighted by atomic mass is 10.0. The summed E-state index contributed by atoms with van der Waals surface area (Å²) < 4.78 is 5.43. The average Bonchev–Trinajstić information content (AvgIpc) is 3.41. The van der Waals surface area contributed by atoms with Gasteiger partial charge in [-0.15, -0.1) is 11.3 Å². The van der Waals surface area contributed by atoms with Crippen molar-refractivity contribution >= 4 is 34.4 Å². The second kappa shape index (κ2) is 8.10. The van der Waals surface area contributed by atoms with Gasteiger partial charge in [-0.25, -0.2) is 9.78 Å². The van der Waals surface area contributed by atoms with Gasteiger partial charge in [-0.05, 0) is 68.3 Å². The third kappa shape index (κ3) is 4.48. The third-order valence-electron chi connectivity index (χ3n) is 5.06. The molecule has 0 bridgehead atoms. The molecule has 1 fully saturated rings. The zero-order valence-corrected chi connectivity index (χ0v) is 18.2. The predicted molar refractivity (Wildman–Crippen MR) is 117 cm³/mol. The van der Waals surface area contributed by atoms with E-state index in [2.05, 4.69) is 15.3 Å². The minimum atomic E-state index is -0.526. The van der Waals surface area contributed by atoms with Crippen LogP contribution in [-0.4, -0.2) is 51.6 Å². The number of carbonyl (C=O) groups excluding carboxylic acids is 2. The second-order valence-electron chi connectivity index (χ2n) is 8.55. The van der Waals surface area contributed by atoms with Gasteiger partial charge >= 0.3 is 6.09 Å². The maximum atomic E-state index is 12.9. The van der Waals surface area contributed by atoms with Gasteiger partial charge in [-0.1, -0.05) is 0 Å². The molecule has 7 nitrogen and oxygen atoms in total. The highest BCUT2D eigenvalue weighted by atomic mass is 32.1. The number of likely N-dealkylation sites (tertiary alicyclic amines) is 1. The molecule has 1 atom stereocenters. The number of pyridine rings is 1. The maximum absolute atomic E-state index is 12.9. The van der Waals surface area contributed by atoms with Crippen LogP contribution in [0.5, 0.6) is 0 Å². The van der Waals surface area contributed by atoms with Gasteiger partial charge < -0.3 is 19.9 Å². The van der Waals surface area contributed by atoms with Crippen molar-refractivity contribution in [3.8, 4) is 0 Å². The van der Waals surface area contributed by atoms with Crippen LogP contribution >= 0.6 is 11.3 Å². The number of hydrogen-bond donors (Lipinski definition) is 2. The van der Waals surface area contributed by atoms with Crippen LogP contribution in [-0.2, 0) is 11.2 Å². The fourth-order valence-corrected chi connectivity index (χ4v) is 4.50. The van der Waals surface area contributed by atoms with E-state index < -0.39 is 5.60 Å². The fourth-order valence-electron chi connectivity index (χ4n) is 3.67. The maximum Gasteiger partial charge on any atom is 0.410 e. The normalized spacial score (nSPS) is 16.8. The Labute approximate surface area is 179 Å². The van der Waals surface area contributed by atoms with Gasteiger partial charge in [-0.3, -0.25) is 4.79 Å².